The van der Waals surface area contributed by atoms with Crippen LogP contribution in [0, 0.1) is 0 Å². The van der Waals surface area contributed by atoms with E-state index in [1.807, 2.05) is 6.92 Å². The van der Waals surface area contributed by atoms with Crippen LogP contribution in [0.15, 0.2) is 39.3 Å². The largest absolute Gasteiger partial charge is 0.382 e. The lowest BCUT2D eigenvalue weighted by Gasteiger charge is -2.16. The van der Waals surface area contributed by atoms with Gasteiger partial charge in [-0.15, -0.1) is 0 Å². The highest BCUT2D eigenvalue weighted by Gasteiger charge is 2.35. The maximum absolute atomic E-state index is 12.3. The Morgan fingerprint density at radius 3 is 2.84 bits per heavy atom. The van der Waals surface area contributed by atoms with Gasteiger partial charge in [0.2, 0.25) is 5.78 Å². The Bertz CT molecular complexity index is 745. The first-order valence-electron chi connectivity index (χ1n) is 6.03. The fourth-order valence-electron chi connectivity index (χ4n) is 2.26. The summed E-state index contributed by atoms with van der Waals surface area (Å²) < 4.78 is 27.5. The van der Waals surface area contributed by atoms with Crippen molar-refractivity contribution in [2.24, 2.45) is 4.40 Å². The molecule has 0 unspecified atom stereocenters. The molecule has 98 valence electrons. The monoisotopic (exact) mass is 276 g/mol. The summed E-state index contributed by atoms with van der Waals surface area (Å²) in [7, 11) is -3.65. The van der Waals surface area contributed by atoms with Gasteiger partial charge >= 0.3 is 0 Å². The van der Waals surface area contributed by atoms with E-state index in [0.717, 1.165) is 6.42 Å². The Balaban J connectivity index is 2.20. The van der Waals surface area contributed by atoms with E-state index >= 15 is 0 Å². The number of nitrogens with zero attached hydrogens (tertiary/aromatic N) is 1. The molecule has 0 amide bonds. The lowest BCUT2D eigenvalue weighted by atomic mass is 9.92. The van der Waals surface area contributed by atoms with E-state index in [9.17, 15) is 13.2 Å². The van der Waals surface area contributed by atoms with Crippen molar-refractivity contribution in [3.63, 3.8) is 0 Å². The van der Waals surface area contributed by atoms with Crippen LogP contribution >= 0.6 is 0 Å². The van der Waals surface area contributed by atoms with E-state index in [1.54, 1.807) is 12.1 Å². The second kappa shape index (κ2) is 4.03. The summed E-state index contributed by atoms with van der Waals surface area (Å²) in [5.41, 5.74) is 1.60. The number of benzene rings is 1. The molecule has 0 aromatic heterocycles. The zero-order valence-corrected chi connectivity index (χ0v) is 11.1. The van der Waals surface area contributed by atoms with Gasteiger partial charge < -0.3 is 5.32 Å². The Hall–Kier alpha value is -1.95. The van der Waals surface area contributed by atoms with Gasteiger partial charge in [-0.3, -0.25) is 4.79 Å². The zero-order chi connectivity index (χ0) is 13.6. The number of Topliss-reactive ketones (excluding diaryl/α,β-unsaturated/α-hetero) is 1. The summed E-state index contributed by atoms with van der Waals surface area (Å²) in [5, 5.41) is 3.01. The Morgan fingerprint density at radius 1 is 1.32 bits per heavy atom. The van der Waals surface area contributed by atoms with Gasteiger partial charge in [-0.1, -0.05) is 19.1 Å². The quantitative estimate of drug-likeness (QED) is 0.901. The average molecular weight is 276 g/mol. The molecule has 1 N–H and O–H groups in total. The van der Waals surface area contributed by atoms with Crippen LogP contribution in [-0.4, -0.2) is 26.5 Å². The molecule has 3 rings (SSSR count). The molecular formula is C13H12N2O3S. The number of hydrogen-bond donors (Lipinski definition) is 1. The first-order valence-corrected chi connectivity index (χ1v) is 7.47. The number of sulfonamides is 1. The van der Waals surface area contributed by atoms with Crippen LogP contribution in [0.1, 0.15) is 29.3 Å². The van der Waals surface area contributed by atoms with Crippen LogP contribution in [0.25, 0.3) is 0 Å². The minimum absolute atomic E-state index is 0.124. The van der Waals surface area contributed by atoms with Crippen molar-refractivity contribution < 1.29 is 13.2 Å². The molecule has 5 nitrogen and oxygen atoms in total. The van der Waals surface area contributed by atoms with E-state index in [1.165, 1.54) is 12.1 Å². The maximum atomic E-state index is 12.3. The molecule has 0 atom stereocenters. The fourth-order valence-corrected chi connectivity index (χ4v) is 3.48. The number of carbonyl (C=O) groups excluding carboxylic acids is 1. The Kier molecular flexibility index (Phi) is 2.56. The third-order valence-corrected chi connectivity index (χ3v) is 4.45. The standard InChI is InChI=1S/C13H12N2O3S/c1-2-6-14-10-7-9-12-8(13(10)16)4-3-5-11(12)19(17,18)15-9/h3-5,7,14H,2,6H2,1H3. The highest BCUT2D eigenvalue weighted by Crippen LogP contribution is 2.33. The molecule has 0 bridgehead atoms. The van der Waals surface area contributed by atoms with Crippen molar-refractivity contribution in [2.45, 2.75) is 18.2 Å². The molecule has 0 radical (unpaired) electrons. The highest BCUT2D eigenvalue weighted by atomic mass is 32.2. The van der Waals surface area contributed by atoms with Gasteiger partial charge in [-0.05, 0) is 18.6 Å². The normalized spacial score (nSPS) is 18.7. The Labute approximate surface area is 111 Å². The second-order valence-electron chi connectivity index (χ2n) is 4.44. The van der Waals surface area contributed by atoms with Crippen LogP contribution in [0.4, 0.5) is 0 Å². The highest BCUT2D eigenvalue weighted by molar-refractivity contribution is 7.90. The number of rotatable bonds is 3. The topological polar surface area (TPSA) is 75.6 Å². The predicted octanol–water partition coefficient (Wildman–Crippen LogP) is 1.26. The SMILES string of the molecule is CCCNC1=CC2=NS(=O)(=O)c3cccc(c32)C1=O. The maximum Gasteiger partial charge on any atom is 0.283 e. The molecule has 2 aliphatic rings. The zero-order valence-electron chi connectivity index (χ0n) is 10.3. The van der Waals surface area contributed by atoms with Crippen molar-refractivity contribution in [3.05, 3.63) is 41.1 Å². The van der Waals surface area contributed by atoms with Crippen molar-refractivity contribution >= 4 is 21.5 Å². The second-order valence-corrected chi connectivity index (χ2v) is 6.02. The van der Waals surface area contributed by atoms with Crippen molar-refractivity contribution in [3.8, 4) is 0 Å². The van der Waals surface area contributed by atoms with E-state index in [-0.39, 0.29) is 10.7 Å². The lowest BCUT2D eigenvalue weighted by molar-refractivity contribution is 0.102. The van der Waals surface area contributed by atoms with Crippen molar-refractivity contribution in [2.75, 3.05) is 6.54 Å². The van der Waals surface area contributed by atoms with Gasteiger partial charge in [0.15, 0.2) is 0 Å². The third kappa shape index (κ3) is 1.71. The molecule has 0 spiro atoms. The number of hydrogen-bond acceptors (Lipinski definition) is 4. The van der Waals surface area contributed by atoms with E-state index < -0.39 is 10.0 Å². The molecule has 1 aromatic carbocycles. The third-order valence-electron chi connectivity index (χ3n) is 3.11. The summed E-state index contributed by atoms with van der Waals surface area (Å²) in [6.45, 7) is 2.65. The van der Waals surface area contributed by atoms with Gasteiger partial charge in [0.25, 0.3) is 10.0 Å². The van der Waals surface area contributed by atoms with Crippen molar-refractivity contribution in [1.29, 1.82) is 0 Å². The summed E-state index contributed by atoms with van der Waals surface area (Å²) in [5.74, 6) is -0.179. The molecule has 1 aromatic rings. The molecule has 19 heavy (non-hydrogen) atoms. The van der Waals surface area contributed by atoms with Gasteiger partial charge in [0.05, 0.1) is 16.3 Å². The summed E-state index contributed by atoms with van der Waals surface area (Å²) in [6.07, 6.45) is 2.40. The summed E-state index contributed by atoms with van der Waals surface area (Å²) in [4.78, 5) is 12.4. The van der Waals surface area contributed by atoms with Gasteiger partial charge in [-0.2, -0.15) is 12.8 Å². The van der Waals surface area contributed by atoms with Crippen molar-refractivity contribution in [1.82, 2.24) is 5.32 Å². The fraction of sp³-hybridized carbons (Fsp3) is 0.231. The first-order chi connectivity index (χ1) is 9.04. The number of carbonyl (C=O) groups is 1. The number of nitrogens with one attached hydrogen (secondary N) is 1. The number of ketones is 1. The molecular weight excluding hydrogens is 264 g/mol. The van der Waals surface area contributed by atoms with Crippen LogP contribution in [-0.2, 0) is 10.0 Å². The Morgan fingerprint density at radius 2 is 2.11 bits per heavy atom. The lowest BCUT2D eigenvalue weighted by Crippen LogP contribution is -2.27. The van der Waals surface area contributed by atoms with Crippen LogP contribution in [0.3, 0.4) is 0 Å². The predicted molar refractivity (Wildman–Crippen MR) is 70.9 cm³/mol. The average Bonchev–Trinajstić information content (AvgIpc) is 2.65. The van der Waals surface area contributed by atoms with E-state index in [4.69, 9.17) is 0 Å². The van der Waals surface area contributed by atoms with Gasteiger partial charge in [0.1, 0.15) is 0 Å². The summed E-state index contributed by atoms with van der Waals surface area (Å²) >= 11 is 0. The molecule has 0 saturated carbocycles. The molecule has 0 saturated heterocycles. The minimum Gasteiger partial charge on any atom is -0.382 e. The van der Waals surface area contributed by atoms with E-state index in [0.29, 0.717) is 29.1 Å². The number of allylic oxidation sites excluding steroid dienone is 2. The van der Waals surface area contributed by atoms with E-state index in [2.05, 4.69) is 9.71 Å². The smallest absolute Gasteiger partial charge is 0.283 e. The van der Waals surface area contributed by atoms with Crippen LogP contribution in [0.5, 0.6) is 0 Å². The van der Waals surface area contributed by atoms with Crippen LogP contribution in [0.2, 0.25) is 0 Å². The van der Waals surface area contributed by atoms with Gasteiger partial charge in [0, 0.05) is 17.7 Å². The summed E-state index contributed by atoms with van der Waals surface area (Å²) in [6, 6.07) is 4.69. The first kappa shape index (κ1) is 12.1. The molecule has 0 fully saturated rings. The molecule has 1 aliphatic carbocycles. The van der Waals surface area contributed by atoms with Crippen LogP contribution < -0.4 is 5.32 Å². The molecule has 1 aliphatic heterocycles. The molecule has 6 heteroatoms. The van der Waals surface area contributed by atoms with Gasteiger partial charge in [-0.25, -0.2) is 0 Å². The minimum atomic E-state index is -3.65. The molecule has 1 heterocycles.